The molecule has 2 aromatic rings. The average molecular weight is 343 g/mol. The van der Waals surface area contributed by atoms with Gasteiger partial charge in [-0.1, -0.05) is 20.3 Å². The van der Waals surface area contributed by atoms with Crippen LogP contribution in [0.5, 0.6) is 0 Å². The van der Waals surface area contributed by atoms with Gasteiger partial charge in [-0.2, -0.15) is 5.10 Å². The van der Waals surface area contributed by atoms with Crippen molar-refractivity contribution in [2.24, 2.45) is 13.0 Å². The van der Waals surface area contributed by atoms with Gasteiger partial charge in [-0.05, 0) is 18.1 Å². The molecule has 0 fully saturated rings. The van der Waals surface area contributed by atoms with Crippen molar-refractivity contribution in [1.29, 1.82) is 0 Å². The van der Waals surface area contributed by atoms with E-state index in [9.17, 15) is 9.59 Å². The molecule has 0 saturated heterocycles. The van der Waals surface area contributed by atoms with Crippen LogP contribution in [0.4, 0.5) is 0 Å². The van der Waals surface area contributed by atoms with E-state index in [1.807, 2.05) is 29.9 Å². The fourth-order valence-corrected chi connectivity index (χ4v) is 3.00. The lowest BCUT2D eigenvalue weighted by molar-refractivity contribution is 0.0721. The van der Waals surface area contributed by atoms with Crippen LogP contribution in [-0.2, 0) is 20.0 Å². The van der Waals surface area contributed by atoms with Crippen molar-refractivity contribution < 1.29 is 9.59 Å². The summed E-state index contributed by atoms with van der Waals surface area (Å²) in [5, 5.41) is 10.1. The zero-order chi connectivity index (χ0) is 18.0. The quantitative estimate of drug-likeness (QED) is 0.867. The summed E-state index contributed by atoms with van der Waals surface area (Å²) in [4.78, 5) is 27.0. The molecule has 3 rings (SSSR count). The number of H-pyrrole nitrogens is 1. The standard InChI is InChI=1S/C18H25N5O2/c1-4-12(2)10-19-17(24)16-13-11-23(9-7-14(13)20-21-16)18(25)15-6-5-8-22(15)3/h5-6,8,12H,4,7,9-11H2,1-3H3,(H,19,24)(H,20,21). The fourth-order valence-electron chi connectivity index (χ4n) is 3.00. The lowest BCUT2D eigenvalue weighted by Crippen LogP contribution is -2.37. The molecule has 1 unspecified atom stereocenters. The maximum absolute atomic E-state index is 12.7. The van der Waals surface area contributed by atoms with Crippen molar-refractivity contribution in [3.63, 3.8) is 0 Å². The molecule has 7 nitrogen and oxygen atoms in total. The molecule has 2 N–H and O–H groups in total. The summed E-state index contributed by atoms with van der Waals surface area (Å²) in [6, 6.07) is 3.67. The van der Waals surface area contributed by atoms with Crippen LogP contribution in [0.15, 0.2) is 18.3 Å². The van der Waals surface area contributed by atoms with Gasteiger partial charge in [0.1, 0.15) is 5.69 Å². The van der Waals surface area contributed by atoms with Crippen LogP contribution in [0, 0.1) is 5.92 Å². The Balaban J connectivity index is 1.74. The highest BCUT2D eigenvalue weighted by Crippen LogP contribution is 2.22. The number of aromatic amines is 1. The van der Waals surface area contributed by atoms with Crippen molar-refractivity contribution in [3.05, 3.63) is 41.0 Å². The first-order valence-electron chi connectivity index (χ1n) is 8.76. The van der Waals surface area contributed by atoms with Crippen molar-refractivity contribution >= 4 is 11.8 Å². The van der Waals surface area contributed by atoms with Gasteiger partial charge in [-0.15, -0.1) is 0 Å². The summed E-state index contributed by atoms with van der Waals surface area (Å²) in [5.74, 6) is 0.227. The number of aromatic nitrogens is 3. The highest BCUT2D eigenvalue weighted by molar-refractivity contribution is 5.95. The number of carbonyl (C=O) groups is 2. The Morgan fingerprint density at radius 3 is 2.92 bits per heavy atom. The monoisotopic (exact) mass is 343 g/mol. The van der Waals surface area contributed by atoms with E-state index in [-0.39, 0.29) is 11.8 Å². The van der Waals surface area contributed by atoms with Gasteiger partial charge < -0.3 is 14.8 Å². The van der Waals surface area contributed by atoms with Crippen LogP contribution in [0.2, 0.25) is 0 Å². The topological polar surface area (TPSA) is 83.0 Å². The minimum atomic E-state index is -0.175. The molecule has 1 aliphatic rings. The average Bonchev–Trinajstić information content (AvgIpc) is 3.24. The Morgan fingerprint density at radius 1 is 1.44 bits per heavy atom. The molecule has 0 radical (unpaired) electrons. The number of nitrogens with one attached hydrogen (secondary N) is 2. The highest BCUT2D eigenvalue weighted by Gasteiger charge is 2.29. The first-order chi connectivity index (χ1) is 12.0. The first-order valence-corrected chi connectivity index (χ1v) is 8.76. The second-order valence-corrected chi connectivity index (χ2v) is 6.73. The number of aryl methyl sites for hydroxylation is 1. The smallest absolute Gasteiger partial charge is 0.272 e. The molecule has 2 amide bonds. The number of rotatable bonds is 5. The minimum absolute atomic E-state index is 0.0229. The normalized spacial score (nSPS) is 14.9. The van der Waals surface area contributed by atoms with E-state index in [1.165, 1.54) is 0 Å². The largest absolute Gasteiger partial charge is 0.350 e. The summed E-state index contributed by atoms with van der Waals surface area (Å²) in [6.07, 6.45) is 3.54. The zero-order valence-electron chi connectivity index (χ0n) is 15.0. The molecule has 1 atom stereocenters. The molecule has 7 heteroatoms. The number of hydrogen-bond acceptors (Lipinski definition) is 3. The third-order valence-corrected chi connectivity index (χ3v) is 4.91. The summed E-state index contributed by atoms with van der Waals surface area (Å²) in [7, 11) is 1.86. The van der Waals surface area contributed by atoms with Crippen LogP contribution < -0.4 is 5.32 Å². The summed E-state index contributed by atoms with van der Waals surface area (Å²) in [5.41, 5.74) is 2.83. The Hall–Kier alpha value is -2.57. The Morgan fingerprint density at radius 2 is 2.24 bits per heavy atom. The van der Waals surface area contributed by atoms with Crippen LogP contribution in [0.3, 0.4) is 0 Å². The van der Waals surface area contributed by atoms with Gasteiger partial charge in [-0.25, -0.2) is 0 Å². The highest BCUT2D eigenvalue weighted by atomic mass is 16.2. The molecule has 25 heavy (non-hydrogen) atoms. The number of nitrogens with zero attached hydrogens (tertiary/aromatic N) is 3. The number of fused-ring (bicyclic) bond motifs is 1. The lowest BCUT2D eigenvalue weighted by atomic mass is 10.0. The minimum Gasteiger partial charge on any atom is -0.350 e. The third-order valence-electron chi connectivity index (χ3n) is 4.91. The van der Waals surface area contributed by atoms with Gasteiger partial charge in [-0.3, -0.25) is 14.7 Å². The Bertz CT molecular complexity index is 776. The van der Waals surface area contributed by atoms with Crippen LogP contribution in [-0.4, -0.2) is 44.6 Å². The molecule has 2 aromatic heterocycles. The van der Waals surface area contributed by atoms with Crippen LogP contribution in [0.1, 0.15) is 52.5 Å². The van der Waals surface area contributed by atoms with Gasteiger partial charge in [0, 0.05) is 44.0 Å². The van der Waals surface area contributed by atoms with Crippen molar-refractivity contribution in [2.75, 3.05) is 13.1 Å². The molecule has 1 aliphatic heterocycles. The Kier molecular flexibility index (Phi) is 4.92. The summed E-state index contributed by atoms with van der Waals surface area (Å²) >= 11 is 0. The van der Waals surface area contributed by atoms with E-state index in [1.54, 1.807) is 4.90 Å². The Labute approximate surface area is 147 Å². The SMILES string of the molecule is CCC(C)CNC(=O)c1n[nH]c2c1CN(C(=O)c1cccn1C)CC2. The fraction of sp³-hybridized carbons (Fsp3) is 0.500. The van der Waals surface area contributed by atoms with E-state index in [4.69, 9.17) is 0 Å². The zero-order valence-corrected chi connectivity index (χ0v) is 15.0. The maximum Gasteiger partial charge on any atom is 0.272 e. The van der Waals surface area contributed by atoms with Crippen molar-refractivity contribution in [2.45, 2.75) is 33.2 Å². The number of carbonyl (C=O) groups excluding carboxylic acids is 2. The predicted molar refractivity (Wildman–Crippen MR) is 94.2 cm³/mol. The van der Waals surface area contributed by atoms with E-state index in [0.29, 0.717) is 43.4 Å². The van der Waals surface area contributed by atoms with E-state index < -0.39 is 0 Å². The van der Waals surface area contributed by atoms with Crippen molar-refractivity contribution in [3.8, 4) is 0 Å². The molecule has 0 aliphatic carbocycles. The molecular weight excluding hydrogens is 318 g/mol. The molecule has 134 valence electrons. The lowest BCUT2D eigenvalue weighted by Gasteiger charge is -2.27. The number of amides is 2. The summed E-state index contributed by atoms with van der Waals surface area (Å²) < 4.78 is 1.81. The molecule has 3 heterocycles. The van der Waals surface area contributed by atoms with Gasteiger partial charge in [0.15, 0.2) is 5.69 Å². The molecule has 0 saturated carbocycles. The van der Waals surface area contributed by atoms with Crippen LogP contribution >= 0.6 is 0 Å². The maximum atomic E-state index is 12.7. The van der Waals surface area contributed by atoms with Gasteiger partial charge in [0.2, 0.25) is 0 Å². The third kappa shape index (κ3) is 3.45. The molecular formula is C18H25N5O2. The van der Waals surface area contributed by atoms with E-state index in [2.05, 4.69) is 29.4 Å². The van der Waals surface area contributed by atoms with E-state index in [0.717, 1.165) is 17.7 Å². The predicted octanol–water partition coefficient (Wildman–Crippen LogP) is 1.72. The summed E-state index contributed by atoms with van der Waals surface area (Å²) in [6.45, 7) is 5.85. The van der Waals surface area contributed by atoms with Gasteiger partial charge >= 0.3 is 0 Å². The second-order valence-electron chi connectivity index (χ2n) is 6.73. The molecule has 0 bridgehead atoms. The number of hydrogen-bond donors (Lipinski definition) is 2. The molecule has 0 aromatic carbocycles. The molecule has 0 spiro atoms. The first kappa shape index (κ1) is 17.3. The second kappa shape index (κ2) is 7.13. The van der Waals surface area contributed by atoms with E-state index >= 15 is 0 Å². The van der Waals surface area contributed by atoms with Gasteiger partial charge in [0.25, 0.3) is 11.8 Å². The van der Waals surface area contributed by atoms with Crippen LogP contribution in [0.25, 0.3) is 0 Å². The van der Waals surface area contributed by atoms with Gasteiger partial charge in [0.05, 0.1) is 6.54 Å². The van der Waals surface area contributed by atoms with Crippen molar-refractivity contribution in [1.82, 2.24) is 25.0 Å².